The lowest BCUT2D eigenvalue weighted by Crippen LogP contribution is -2.25. The number of hydrogen-bond donors (Lipinski definition) is 1. The van der Waals surface area contributed by atoms with E-state index in [1.54, 1.807) is 0 Å². The Bertz CT molecular complexity index is 370. The summed E-state index contributed by atoms with van der Waals surface area (Å²) in [6, 6.07) is 6.96. The largest absolute Gasteiger partial charge is 0.372 e. The summed E-state index contributed by atoms with van der Waals surface area (Å²) in [7, 11) is 0. The van der Waals surface area contributed by atoms with Crippen LogP contribution in [0.2, 0.25) is 5.02 Å². The van der Waals surface area contributed by atoms with Crippen LogP contribution in [0.25, 0.3) is 0 Å². The second-order valence-electron chi connectivity index (χ2n) is 4.60. The minimum Gasteiger partial charge on any atom is -0.372 e. The molecule has 0 aromatic heterocycles. The van der Waals surface area contributed by atoms with Crippen LogP contribution in [0.3, 0.4) is 0 Å². The third-order valence-corrected chi connectivity index (χ3v) is 3.55. The highest BCUT2D eigenvalue weighted by Crippen LogP contribution is 2.26. The van der Waals surface area contributed by atoms with Gasteiger partial charge in [-0.2, -0.15) is 0 Å². The van der Waals surface area contributed by atoms with E-state index >= 15 is 0 Å². The highest BCUT2D eigenvalue weighted by Gasteiger charge is 2.20. The van der Waals surface area contributed by atoms with Crippen LogP contribution in [-0.4, -0.2) is 19.1 Å². The van der Waals surface area contributed by atoms with Crippen LogP contribution in [0, 0.1) is 0 Å². The Morgan fingerprint density at radius 3 is 2.59 bits per heavy atom. The first-order valence-electron chi connectivity index (χ1n) is 6.51. The summed E-state index contributed by atoms with van der Waals surface area (Å²) in [5, 5.41) is 4.39. The van der Waals surface area contributed by atoms with Gasteiger partial charge in [-0.05, 0) is 44.4 Å². The van der Waals surface area contributed by atoms with Gasteiger partial charge in [0.15, 0.2) is 0 Å². The predicted octanol–water partition coefficient (Wildman–Crippen LogP) is 3.44. The minimum atomic E-state index is 0.746. The number of rotatable bonds is 6. The maximum Gasteiger partial charge on any atom is 0.0426 e. The summed E-state index contributed by atoms with van der Waals surface area (Å²) in [6.45, 7) is 7.36. The van der Waals surface area contributed by atoms with Gasteiger partial charge in [-0.1, -0.05) is 17.7 Å². The quantitative estimate of drug-likeness (QED) is 0.835. The molecule has 0 saturated heterocycles. The molecule has 94 valence electrons. The molecule has 1 N–H and O–H groups in total. The Hall–Kier alpha value is -0.730. The zero-order valence-corrected chi connectivity index (χ0v) is 11.4. The highest BCUT2D eigenvalue weighted by atomic mass is 35.5. The first-order chi connectivity index (χ1) is 8.24. The van der Waals surface area contributed by atoms with Gasteiger partial charge in [-0.15, -0.1) is 0 Å². The zero-order chi connectivity index (χ0) is 12.3. The van der Waals surface area contributed by atoms with Crippen molar-refractivity contribution in [3.8, 4) is 0 Å². The van der Waals surface area contributed by atoms with Crippen LogP contribution in [0.1, 0.15) is 32.3 Å². The number of halogens is 1. The van der Waals surface area contributed by atoms with Crippen molar-refractivity contribution < 1.29 is 0 Å². The predicted molar refractivity (Wildman–Crippen MR) is 74.9 cm³/mol. The van der Waals surface area contributed by atoms with Crippen molar-refractivity contribution in [1.82, 2.24) is 5.32 Å². The lowest BCUT2D eigenvalue weighted by molar-refractivity contribution is 0.684. The molecule has 1 aliphatic carbocycles. The Kier molecular flexibility index (Phi) is 4.30. The number of hydrogen-bond acceptors (Lipinski definition) is 2. The summed E-state index contributed by atoms with van der Waals surface area (Å²) in [6.07, 6.45) is 2.66. The van der Waals surface area contributed by atoms with E-state index in [1.165, 1.54) is 24.1 Å². The van der Waals surface area contributed by atoms with Gasteiger partial charge in [0.1, 0.15) is 0 Å². The second-order valence-corrected chi connectivity index (χ2v) is 5.04. The molecule has 2 rings (SSSR count). The van der Waals surface area contributed by atoms with Gasteiger partial charge in [-0.3, -0.25) is 0 Å². The molecular formula is C14H21ClN2. The van der Waals surface area contributed by atoms with E-state index in [1.807, 2.05) is 6.07 Å². The van der Waals surface area contributed by atoms with Crippen molar-refractivity contribution in [2.45, 2.75) is 39.3 Å². The van der Waals surface area contributed by atoms with E-state index in [0.717, 1.165) is 30.7 Å². The van der Waals surface area contributed by atoms with Gasteiger partial charge in [0.05, 0.1) is 0 Å². The topological polar surface area (TPSA) is 15.3 Å². The Balaban J connectivity index is 2.15. The summed E-state index contributed by atoms with van der Waals surface area (Å²) in [4.78, 5) is 2.36. The van der Waals surface area contributed by atoms with Gasteiger partial charge in [-0.25, -0.2) is 0 Å². The summed E-state index contributed by atoms with van der Waals surface area (Å²) >= 11 is 6.10. The van der Waals surface area contributed by atoms with E-state index in [-0.39, 0.29) is 0 Å². The average Bonchev–Trinajstić information content (AvgIpc) is 3.13. The molecule has 1 aromatic rings. The fourth-order valence-electron chi connectivity index (χ4n) is 2.09. The van der Waals surface area contributed by atoms with E-state index in [2.05, 4.69) is 36.2 Å². The van der Waals surface area contributed by atoms with Gasteiger partial charge >= 0.3 is 0 Å². The normalized spacial score (nSPS) is 15.0. The number of anilines is 1. The van der Waals surface area contributed by atoms with Crippen LogP contribution < -0.4 is 10.2 Å². The molecule has 0 unspecified atom stereocenters. The van der Waals surface area contributed by atoms with Crippen molar-refractivity contribution in [3.05, 3.63) is 28.8 Å². The second kappa shape index (κ2) is 5.74. The summed E-state index contributed by atoms with van der Waals surface area (Å²) in [5.74, 6) is 0. The molecule has 0 spiro atoms. The zero-order valence-electron chi connectivity index (χ0n) is 10.7. The average molecular weight is 253 g/mol. The Morgan fingerprint density at radius 1 is 1.29 bits per heavy atom. The monoisotopic (exact) mass is 252 g/mol. The van der Waals surface area contributed by atoms with E-state index in [4.69, 9.17) is 11.6 Å². The van der Waals surface area contributed by atoms with Gasteiger partial charge < -0.3 is 10.2 Å². The SMILES string of the molecule is CCN(CC)c1cc(Cl)ccc1CNC1CC1. The number of nitrogens with zero attached hydrogens (tertiary/aromatic N) is 1. The number of nitrogens with one attached hydrogen (secondary N) is 1. The van der Waals surface area contributed by atoms with Crippen LogP contribution in [0.4, 0.5) is 5.69 Å². The lowest BCUT2D eigenvalue weighted by atomic mass is 10.1. The van der Waals surface area contributed by atoms with Crippen LogP contribution in [0.15, 0.2) is 18.2 Å². The fraction of sp³-hybridized carbons (Fsp3) is 0.571. The first kappa shape index (κ1) is 12.7. The van der Waals surface area contributed by atoms with Gasteiger partial charge in [0.2, 0.25) is 0 Å². The van der Waals surface area contributed by atoms with Crippen molar-refractivity contribution >= 4 is 17.3 Å². The molecule has 0 amide bonds. The van der Waals surface area contributed by atoms with Crippen molar-refractivity contribution in [3.63, 3.8) is 0 Å². The number of benzene rings is 1. The molecule has 0 bridgehead atoms. The van der Waals surface area contributed by atoms with E-state index in [9.17, 15) is 0 Å². The molecule has 0 atom stereocenters. The van der Waals surface area contributed by atoms with Gasteiger partial charge in [0, 0.05) is 36.4 Å². The van der Waals surface area contributed by atoms with Crippen molar-refractivity contribution in [2.75, 3.05) is 18.0 Å². The molecule has 1 saturated carbocycles. The molecular weight excluding hydrogens is 232 g/mol. The molecule has 1 aromatic carbocycles. The summed E-state index contributed by atoms with van der Waals surface area (Å²) < 4.78 is 0. The van der Waals surface area contributed by atoms with E-state index in [0.29, 0.717) is 0 Å². The molecule has 1 aliphatic rings. The van der Waals surface area contributed by atoms with Crippen LogP contribution >= 0.6 is 11.6 Å². The smallest absolute Gasteiger partial charge is 0.0426 e. The highest BCUT2D eigenvalue weighted by molar-refractivity contribution is 6.30. The molecule has 0 heterocycles. The minimum absolute atomic E-state index is 0.746. The Labute approximate surface area is 109 Å². The molecule has 2 nitrogen and oxygen atoms in total. The van der Waals surface area contributed by atoms with Crippen LogP contribution in [0.5, 0.6) is 0 Å². The standard InChI is InChI=1S/C14H21ClN2/c1-3-17(4-2)14-9-12(15)6-5-11(14)10-16-13-7-8-13/h5-6,9,13,16H,3-4,7-8,10H2,1-2H3. The maximum atomic E-state index is 6.10. The maximum absolute atomic E-state index is 6.10. The third kappa shape index (κ3) is 3.36. The van der Waals surface area contributed by atoms with Crippen LogP contribution in [-0.2, 0) is 6.54 Å². The fourth-order valence-corrected chi connectivity index (χ4v) is 2.25. The molecule has 0 radical (unpaired) electrons. The molecule has 1 fully saturated rings. The van der Waals surface area contributed by atoms with E-state index < -0.39 is 0 Å². The lowest BCUT2D eigenvalue weighted by Gasteiger charge is -2.24. The molecule has 3 heteroatoms. The van der Waals surface area contributed by atoms with Crippen molar-refractivity contribution in [1.29, 1.82) is 0 Å². The molecule has 17 heavy (non-hydrogen) atoms. The molecule has 0 aliphatic heterocycles. The first-order valence-corrected chi connectivity index (χ1v) is 6.89. The van der Waals surface area contributed by atoms with Crippen molar-refractivity contribution in [2.24, 2.45) is 0 Å². The summed E-state index contributed by atoms with van der Waals surface area (Å²) in [5.41, 5.74) is 2.63. The third-order valence-electron chi connectivity index (χ3n) is 3.31. The van der Waals surface area contributed by atoms with Gasteiger partial charge in [0.25, 0.3) is 0 Å². The Morgan fingerprint density at radius 2 is 2.00 bits per heavy atom.